The second kappa shape index (κ2) is 7.60. The second-order valence-electron chi connectivity index (χ2n) is 6.87. The van der Waals surface area contributed by atoms with Gasteiger partial charge in [-0.05, 0) is 44.4 Å². The molecule has 2 aromatic rings. The number of ether oxygens (including phenoxy) is 1. The van der Waals surface area contributed by atoms with E-state index >= 15 is 0 Å². The lowest BCUT2D eigenvalue weighted by Crippen LogP contribution is -2.44. The Labute approximate surface area is 154 Å². The third-order valence-electron chi connectivity index (χ3n) is 4.71. The van der Waals surface area contributed by atoms with Crippen molar-refractivity contribution in [3.63, 3.8) is 0 Å². The topological polar surface area (TPSA) is 58.6 Å². The average Bonchev–Trinajstić information content (AvgIpc) is 2.86. The number of urea groups is 1. The summed E-state index contributed by atoms with van der Waals surface area (Å²) in [5, 5.41) is 2.84. The summed E-state index contributed by atoms with van der Waals surface area (Å²) in [4.78, 5) is 26.2. The number of hydrogen-bond acceptors (Lipinski definition) is 3. The summed E-state index contributed by atoms with van der Waals surface area (Å²) in [5.41, 5.74) is 1.44. The van der Waals surface area contributed by atoms with Gasteiger partial charge in [-0.25, -0.2) is 4.79 Å². The molecule has 0 bridgehead atoms. The van der Waals surface area contributed by atoms with Crippen LogP contribution >= 0.6 is 0 Å². The molecule has 0 unspecified atom stereocenters. The van der Waals surface area contributed by atoms with Crippen LogP contribution in [0.15, 0.2) is 54.6 Å². The van der Waals surface area contributed by atoms with Crippen LogP contribution in [-0.2, 0) is 11.2 Å². The highest BCUT2D eigenvalue weighted by atomic mass is 16.5. The average molecular weight is 352 g/mol. The van der Waals surface area contributed by atoms with Crippen LogP contribution in [-0.4, -0.2) is 35.5 Å². The zero-order valence-corrected chi connectivity index (χ0v) is 15.2. The van der Waals surface area contributed by atoms with Crippen LogP contribution in [0.25, 0.3) is 0 Å². The maximum atomic E-state index is 12.7. The maximum Gasteiger partial charge on any atom is 0.325 e. The van der Waals surface area contributed by atoms with Gasteiger partial charge >= 0.3 is 6.03 Å². The molecule has 26 heavy (non-hydrogen) atoms. The van der Waals surface area contributed by atoms with Gasteiger partial charge in [-0.2, -0.15) is 0 Å². The van der Waals surface area contributed by atoms with E-state index in [0.29, 0.717) is 6.42 Å². The Morgan fingerprint density at radius 3 is 2.42 bits per heavy atom. The summed E-state index contributed by atoms with van der Waals surface area (Å²) in [5.74, 6) is 0.542. The van der Waals surface area contributed by atoms with Gasteiger partial charge in [0, 0.05) is 0 Å². The van der Waals surface area contributed by atoms with Gasteiger partial charge in [0.15, 0.2) is 0 Å². The summed E-state index contributed by atoms with van der Waals surface area (Å²) in [6.45, 7) is 4.31. The first-order valence-corrected chi connectivity index (χ1v) is 8.85. The zero-order valence-electron chi connectivity index (χ0n) is 15.2. The molecule has 136 valence electrons. The second-order valence-corrected chi connectivity index (χ2v) is 6.87. The van der Waals surface area contributed by atoms with Gasteiger partial charge in [-0.3, -0.25) is 9.69 Å². The minimum atomic E-state index is -0.864. The molecule has 5 nitrogen and oxygen atoms in total. The van der Waals surface area contributed by atoms with Gasteiger partial charge in [0.1, 0.15) is 17.9 Å². The first kappa shape index (κ1) is 18.0. The van der Waals surface area contributed by atoms with Gasteiger partial charge in [0.25, 0.3) is 5.91 Å². The van der Waals surface area contributed by atoms with Gasteiger partial charge in [0.05, 0.1) is 6.54 Å². The first-order chi connectivity index (χ1) is 12.5. The van der Waals surface area contributed by atoms with Crippen molar-refractivity contribution in [2.45, 2.75) is 32.2 Å². The Kier molecular flexibility index (Phi) is 5.26. The van der Waals surface area contributed by atoms with Crippen molar-refractivity contribution in [3.8, 4) is 5.75 Å². The molecule has 3 amide bonds. The molecule has 1 atom stereocenters. The number of hydrogen-bond donors (Lipinski definition) is 1. The van der Waals surface area contributed by atoms with Gasteiger partial charge in [-0.1, -0.05) is 48.0 Å². The molecule has 3 rings (SSSR count). The fraction of sp³-hybridized carbons (Fsp3) is 0.333. The van der Waals surface area contributed by atoms with Crippen LogP contribution in [0.4, 0.5) is 4.79 Å². The van der Waals surface area contributed by atoms with E-state index < -0.39 is 5.54 Å². The lowest BCUT2D eigenvalue weighted by molar-refractivity contribution is -0.131. The highest BCUT2D eigenvalue weighted by Crippen LogP contribution is 2.23. The molecule has 5 heteroatoms. The number of carbonyl (C=O) groups excluding carboxylic acids is 2. The molecular weight excluding hydrogens is 328 g/mol. The molecule has 1 aliphatic rings. The van der Waals surface area contributed by atoms with Crippen molar-refractivity contribution < 1.29 is 14.3 Å². The van der Waals surface area contributed by atoms with Crippen LogP contribution in [0, 0.1) is 6.92 Å². The van der Waals surface area contributed by atoms with E-state index in [0.717, 1.165) is 23.3 Å². The Bertz CT molecular complexity index is 774. The molecule has 2 aromatic carbocycles. The van der Waals surface area contributed by atoms with Crippen molar-refractivity contribution >= 4 is 11.9 Å². The van der Waals surface area contributed by atoms with E-state index in [1.807, 2.05) is 61.5 Å². The largest absolute Gasteiger partial charge is 0.492 e. The van der Waals surface area contributed by atoms with E-state index in [1.165, 1.54) is 4.90 Å². The van der Waals surface area contributed by atoms with Crippen molar-refractivity contribution in [3.05, 3.63) is 65.7 Å². The third-order valence-corrected chi connectivity index (χ3v) is 4.71. The van der Waals surface area contributed by atoms with E-state index in [2.05, 4.69) is 5.32 Å². The third kappa shape index (κ3) is 4.04. The molecule has 0 aromatic heterocycles. The van der Waals surface area contributed by atoms with Crippen LogP contribution in [0.5, 0.6) is 5.75 Å². The maximum absolute atomic E-state index is 12.7. The summed E-state index contributed by atoms with van der Waals surface area (Å²) in [6.07, 6.45) is 1.30. The molecule has 0 radical (unpaired) electrons. The molecule has 1 saturated heterocycles. The number of benzene rings is 2. The number of rotatable bonds is 7. The molecule has 1 fully saturated rings. The van der Waals surface area contributed by atoms with Crippen molar-refractivity contribution in [2.75, 3.05) is 13.2 Å². The summed E-state index contributed by atoms with van der Waals surface area (Å²) < 4.78 is 5.64. The van der Waals surface area contributed by atoms with Gasteiger partial charge in [0.2, 0.25) is 0 Å². The molecule has 0 saturated carbocycles. The lowest BCUT2D eigenvalue weighted by Gasteiger charge is -2.21. The number of nitrogens with zero attached hydrogens (tertiary/aromatic N) is 1. The minimum absolute atomic E-state index is 0.189. The van der Waals surface area contributed by atoms with Crippen LogP contribution in [0.3, 0.4) is 0 Å². The van der Waals surface area contributed by atoms with E-state index in [9.17, 15) is 9.59 Å². The molecule has 1 N–H and O–H groups in total. The van der Waals surface area contributed by atoms with Crippen molar-refractivity contribution in [1.82, 2.24) is 10.2 Å². The highest BCUT2D eigenvalue weighted by Gasteiger charge is 2.47. The monoisotopic (exact) mass is 352 g/mol. The molecule has 0 aliphatic carbocycles. The molecular formula is C21H24N2O3. The number of carbonyl (C=O) groups is 2. The summed E-state index contributed by atoms with van der Waals surface area (Å²) in [6, 6.07) is 17.3. The highest BCUT2D eigenvalue weighted by molar-refractivity contribution is 6.06. The number of aryl methyl sites for hydroxylation is 2. The van der Waals surface area contributed by atoms with Crippen molar-refractivity contribution in [1.29, 1.82) is 0 Å². The predicted octanol–water partition coefficient (Wildman–Crippen LogP) is 3.32. The van der Waals surface area contributed by atoms with Gasteiger partial charge < -0.3 is 10.1 Å². The first-order valence-electron chi connectivity index (χ1n) is 8.85. The molecule has 1 aliphatic heterocycles. The normalized spacial score (nSPS) is 19.5. The van der Waals surface area contributed by atoms with Crippen LogP contribution < -0.4 is 10.1 Å². The number of nitrogens with one attached hydrogen (secondary N) is 1. The van der Waals surface area contributed by atoms with Crippen LogP contribution in [0.1, 0.15) is 24.5 Å². The molecule has 1 heterocycles. The van der Waals surface area contributed by atoms with E-state index in [1.54, 1.807) is 6.92 Å². The molecule has 0 spiro atoms. The fourth-order valence-electron chi connectivity index (χ4n) is 3.05. The Balaban J connectivity index is 1.54. The fourth-order valence-corrected chi connectivity index (χ4v) is 3.05. The van der Waals surface area contributed by atoms with Crippen LogP contribution in [0.2, 0.25) is 0 Å². The van der Waals surface area contributed by atoms with Crippen molar-refractivity contribution in [2.24, 2.45) is 0 Å². The lowest BCUT2D eigenvalue weighted by atomic mass is 9.93. The minimum Gasteiger partial charge on any atom is -0.492 e. The number of amides is 3. The Morgan fingerprint density at radius 2 is 1.73 bits per heavy atom. The predicted molar refractivity (Wildman–Crippen MR) is 100 cm³/mol. The number of imide groups is 1. The standard InChI is InChI=1S/C21H24N2O3/c1-16-8-10-18(11-9-16)26-15-14-23-19(24)21(2,22-20(23)25)13-12-17-6-4-3-5-7-17/h3-11H,12-15H2,1-2H3,(H,22,25)/t21-/m1/s1. The zero-order chi connectivity index (χ0) is 18.6. The Hall–Kier alpha value is -2.82. The Morgan fingerprint density at radius 1 is 1.04 bits per heavy atom. The summed E-state index contributed by atoms with van der Waals surface area (Å²) in [7, 11) is 0. The SMILES string of the molecule is Cc1ccc(OCCN2C(=O)N[C@](C)(CCc3ccccc3)C2=O)cc1. The van der Waals surface area contributed by atoms with Gasteiger partial charge in [-0.15, -0.1) is 0 Å². The quantitative estimate of drug-likeness (QED) is 0.778. The van der Waals surface area contributed by atoms with E-state index in [4.69, 9.17) is 4.74 Å². The smallest absolute Gasteiger partial charge is 0.325 e. The van der Waals surface area contributed by atoms with E-state index in [-0.39, 0.29) is 25.1 Å². The summed E-state index contributed by atoms with van der Waals surface area (Å²) >= 11 is 0.